The summed E-state index contributed by atoms with van der Waals surface area (Å²) in [5, 5.41) is 5.71. The zero-order valence-corrected chi connectivity index (χ0v) is 19.1. The summed E-state index contributed by atoms with van der Waals surface area (Å²) in [6, 6.07) is 37.7. The lowest BCUT2D eigenvalue weighted by molar-refractivity contribution is 0.307. The van der Waals surface area contributed by atoms with Gasteiger partial charge in [-0.3, -0.25) is 0 Å². The molecule has 0 aliphatic carbocycles. The van der Waals surface area contributed by atoms with Gasteiger partial charge in [0.15, 0.2) is 0 Å². The lowest BCUT2D eigenvalue weighted by atomic mass is 10.1. The molecule has 5 nitrogen and oxygen atoms in total. The first-order valence-electron chi connectivity index (χ1n) is 11.6. The highest BCUT2D eigenvalue weighted by Gasteiger charge is 2.11. The van der Waals surface area contributed by atoms with Crippen LogP contribution in [0.5, 0.6) is 0 Å². The maximum atomic E-state index is 4.76. The molecule has 0 amide bonds. The molecule has 4 aromatic carbocycles. The average molecular weight is 448 g/mol. The molecule has 34 heavy (non-hydrogen) atoms. The van der Waals surface area contributed by atoms with E-state index in [4.69, 9.17) is 4.98 Å². The summed E-state index contributed by atoms with van der Waals surface area (Å²) in [6.45, 7) is 3.13. The minimum atomic E-state index is 0.657. The van der Waals surface area contributed by atoms with E-state index in [0.717, 1.165) is 42.2 Å². The molecule has 5 rings (SSSR count). The van der Waals surface area contributed by atoms with Crippen molar-refractivity contribution >= 4 is 16.7 Å². The third-order valence-electron chi connectivity index (χ3n) is 5.74. The van der Waals surface area contributed by atoms with Crippen LogP contribution in [-0.2, 0) is 26.2 Å². The van der Waals surface area contributed by atoms with E-state index < -0.39 is 0 Å². The number of hydrazine groups is 1. The predicted octanol–water partition coefficient (Wildman–Crippen LogP) is 5.88. The van der Waals surface area contributed by atoms with Crippen molar-refractivity contribution in [2.75, 3.05) is 5.43 Å². The van der Waals surface area contributed by atoms with Gasteiger partial charge in [0.1, 0.15) is 5.82 Å². The Morgan fingerprint density at radius 1 is 0.618 bits per heavy atom. The fourth-order valence-corrected chi connectivity index (χ4v) is 4.02. The predicted molar refractivity (Wildman–Crippen MR) is 139 cm³/mol. The van der Waals surface area contributed by atoms with Gasteiger partial charge in [0.05, 0.1) is 17.6 Å². The quantitative estimate of drug-likeness (QED) is 0.234. The second-order valence-electron chi connectivity index (χ2n) is 8.44. The molecule has 0 atom stereocenters. The van der Waals surface area contributed by atoms with Crippen LogP contribution in [0.1, 0.15) is 22.5 Å². The number of nitrogens with one attached hydrogen (secondary N) is 3. The van der Waals surface area contributed by atoms with E-state index in [2.05, 4.69) is 87.5 Å². The Morgan fingerprint density at radius 2 is 1.24 bits per heavy atom. The lowest BCUT2D eigenvalue weighted by Gasteiger charge is -2.23. The van der Waals surface area contributed by atoms with Crippen LogP contribution in [0, 0.1) is 0 Å². The van der Waals surface area contributed by atoms with Gasteiger partial charge in [-0.1, -0.05) is 84.9 Å². The van der Waals surface area contributed by atoms with Gasteiger partial charge in [-0.2, -0.15) is 0 Å². The van der Waals surface area contributed by atoms with Gasteiger partial charge in [0.25, 0.3) is 0 Å². The molecule has 0 unspecified atom stereocenters. The minimum absolute atomic E-state index is 0.657. The van der Waals surface area contributed by atoms with Crippen LogP contribution in [0.2, 0.25) is 0 Å². The third-order valence-corrected chi connectivity index (χ3v) is 5.74. The zero-order chi connectivity index (χ0) is 23.0. The number of para-hydroxylation sites is 3. The van der Waals surface area contributed by atoms with E-state index in [-0.39, 0.29) is 0 Å². The van der Waals surface area contributed by atoms with Crippen LogP contribution in [0.15, 0.2) is 109 Å². The largest absolute Gasteiger partial charge is 0.341 e. The number of hydrogen-bond acceptors (Lipinski definition) is 4. The molecule has 0 saturated heterocycles. The molecule has 170 valence electrons. The normalized spacial score (nSPS) is 11.2. The Labute approximate surface area is 200 Å². The van der Waals surface area contributed by atoms with Crippen LogP contribution in [-0.4, -0.2) is 15.0 Å². The van der Waals surface area contributed by atoms with Crippen LogP contribution in [0.4, 0.5) is 5.69 Å². The molecule has 0 spiro atoms. The molecule has 5 aromatic rings. The SMILES string of the molecule is c1ccc(CNCc2ccc(CN(Cc3nc4ccccc4[nH]3)Nc3ccccc3)cc2)cc1. The number of imidazole rings is 1. The van der Waals surface area contributed by atoms with Crippen LogP contribution in [0.25, 0.3) is 11.0 Å². The Morgan fingerprint density at radius 3 is 1.97 bits per heavy atom. The van der Waals surface area contributed by atoms with Gasteiger partial charge in [-0.05, 0) is 41.0 Å². The number of anilines is 1. The Hall–Kier alpha value is -3.93. The first kappa shape index (κ1) is 21.9. The second-order valence-corrected chi connectivity index (χ2v) is 8.44. The van der Waals surface area contributed by atoms with E-state index in [1.807, 2.05) is 42.5 Å². The van der Waals surface area contributed by atoms with E-state index in [9.17, 15) is 0 Å². The third kappa shape index (κ3) is 5.90. The monoisotopic (exact) mass is 447 g/mol. The average Bonchev–Trinajstić information content (AvgIpc) is 3.29. The first-order chi connectivity index (χ1) is 16.8. The summed E-state index contributed by atoms with van der Waals surface area (Å²) in [4.78, 5) is 8.21. The van der Waals surface area contributed by atoms with Gasteiger partial charge in [0.2, 0.25) is 0 Å². The standard InChI is InChI=1S/C29H29N5/c1-3-9-23(10-4-1)19-30-20-24-15-17-25(18-16-24)21-34(33-26-11-5-2-6-12-26)22-29-31-27-13-7-8-14-28(27)32-29/h1-18,30,33H,19-22H2,(H,31,32). The van der Waals surface area contributed by atoms with Crippen LogP contribution >= 0.6 is 0 Å². The maximum Gasteiger partial charge on any atom is 0.123 e. The Bertz CT molecular complexity index is 1260. The summed E-state index contributed by atoms with van der Waals surface area (Å²) >= 11 is 0. The molecule has 1 heterocycles. The summed E-state index contributed by atoms with van der Waals surface area (Å²) < 4.78 is 0. The fourth-order valence-electron chi connectivity index (χ4n) is 4.02. The fraction of sp³-hybridized carbons (Fsp3) is 0.138. The van der Waals surface area contributed by atoms with Crippen molar-refractivity contribution in [3.05, 3.63) is 132 Å². The molecule has 5 heteroatoms. The van der Waals surface area contributed by atoms with Crippen molar-refractivity contribution in [3.8, 4) is 0 Å². The van der Waals surface area contributed by atoms with Gasteiger partial charge in [-0.15, -0.1) is 0 Å². The number of fused-ring (bicyclic) bond motifs is 1. The Kier molecular flexibility index (Phi) is 6.95. The van der Waals surface area contributed by atoms with E-state index in [0.29, 0.717) is 6.54 Å². The highest BCUT2D eigenvalue weighted by molar-refractivity contribution is 5.74. The highest BCUT2D eigenvalue weighted by Crippen LogP contribution is 2.16. The number of benzene rings is 4. The smallest absolute Gasteiger partial charge is 0.123 e. The molecule has 1 aromatic heterocycles. The molecular weight excluding hydrogens is 418 g/mol. The lowest BCUT2D eigenvalue weighted by Crippen LogP contribution is -2.29. The van der Waals surface area contributed by atoms with Crippen LogP contribution in [0.3, 0.4) is 0 Å². The topological polar surface area (TPSA) is 56.0 Å². The summed E-state index contributed by atoms with van der Waals surface area (Å²) in [7, 11) is 0. The van der Waals surface area contributed by atoms with Crippen molar-refractivity contribution in [2.45, 2.75) is 26.2 Å². The molecule has 3 N–H and O–H groups in total. The first-order valence-corrected chi connectivity index (χ1v) is 11.6. The van der Waals surface area contributed by atoms with E-state index >= 15 is 0 Å². The molecular formula is C29H29N5. The zero-order valence-electron chi connectivity index (χ0n) is 19.1. The van der Waals surface area contributed by atoms with Gasteiger partial charge in [0, 0.05) is 25.3 Å². The number of H-pyrrole nitrogens is 1. The Balaban J connectivity index is 1.24. The molecule has 0 aliphatic heterocycles. The molecule has 0 aliphatic rings. The number of hydrogen-bond donors (Lipinski definition) is 3. The summed E-state index contributed by atoms with van der Waals surface area (Å²) in [5.41, 5.74) is 10.5. The van der Waals surface area contributed by atoms with Crippen LogP contribution < -0.4 is 10.7 Å². The molecule has 0 radical (unpaired) electrons. The number of rotatable bonds is 10. The van der Waals surface area contributed by atoms with Crippen molar-refractivity contribution in [1.29, 1.82) is 0 Å². The van der Waals surface area contributed by atoms with Crippen molar-refractivity contribution in [1.82, 2.24) is 20.3 Å². The molecule has 0 fully saturated rings. The number of nitrogens with zero attached hydrogens (tertiary/aromatic N) is 2. The van der Waals surface area contributed by atoms with Crippen molar-refractivity contribution in [3.63, 3.8) is 0 Å². The highest BCUT2D eigenvalue weighted by atomic mass is 15.5. The van der Waals surface area contributed by atoms with Gasteiger partial charge >= 0.3 is 0 Å². The van der Waals surface area contributed by atoms with Crippen molar-refractivity contribution < 1.29 is 0 Å². The molecule has 0 bridgehead atoms. The van der Waals surface area contributed by atoms with Crippen molar-refractivity contribution in [2.24, 2.45) is 0 Å². The summed E-state index contributed by atoms with van der Waals surface area (Å²) in [6.07, 6.45) is 0. The number of aromatic amines is 1. The van der Waals surface area contributed by atoms with Gasteiger partial charge in [-0.25, -0.2) is 9.99 Å². The maximum absolute atomic E-state index is 4.76. The summed E-state index contributed by atoms with van der Waals surface area (Å²) in [5.74, 6) is 0.936. The second kappa shape index (κ2) is 10.8. The van der Waals surface area contributed by atoms with E-state index in [1.165, 1.54) is 16.7 Å². The minimum Gasteiger partial charge on any atom is -0.341 e. The van der Waals surface area contributed by atoms with E-state index in [1.54, 1.807) is 0 Å². The van der Waals surface area contributed by atoms with Gasteiger partial charge < -0.3 is 15.7 Å². The molecule has 0 saturated carbocycles. The number of aromatic nitrogens is 2.